The Bertz CT molecular complexity index is 582. The first kappa shape index (κ1) is 17.7. The molecule has 0 aliphatic carbocycles. The fourth-order valence-corrected chi connectivity index (χ4v) is 3.67. The highest BCUT2D eigenvalue weighted by Crippen LogP contribution is 2.42. The van der Waals surface area contributed by atoms with Gasteiger partial charge in [0.1, 0.15) is 16.7 Å². The molecule has 5 nitrogen and oxygen atoms in total. The lowest BCUT2D eigenvalue weighted by atomic mass is 10.1. The first-order chi connectivity index (χ1) is 10.8. The van der Waals surface area contributed by atoms with Gasteiger partial charge >= 0.3 is 5.97 Å². The predicted octanol–water partition coefficient (Wildman–Crippen LogP) is 3.00. The van der Waals surface area contributed by atoms with Crippen LogP contribution in [0.25, 0.3) is 0 Å². The summed E-state index contributed by atoms with van der Waals surface area (Å²) in [5.74, 6) is 0.911. The number of nitrogens with zero attached hydrogens (tertiary/aromatic N) is 1. The Morgan fingerprint density at radius 3 is 2.70 bits per heavy atom. The van der Waals surface area contributed by atoms with E-state index < -0.39 is 5.60 Å². The first-order valence-electron chi connectivity index (χ1n) is 7.57. The van der Waals surface area contributed by atoms with Gasteiger partial charge in [-0.15, -0.1) is 11.8 Å². The monoisotopic (exact) mass is 337 g/mol. The second-order valence-corrected chi connectivity index (χ2v) is 7.40. The highest BCUT2D eigenvalue weighted by molar-refractivity contribution is 8.00. The van der Waals surface area contributed by atoms with Crippen molar-refractivity contribution in [2.45, 2.75) is 38.2 Å². The van der Waals surface area contributed by atoms with Crippen LogP contribution in [0.4, 0.5) is 0 Å². The number of rotatable bonds is 5. The smallest absolute Gasteiger partial charge is 0.308 e. The van der Waals surface area contributed by atoms with Crippen LogP contribution >= 0.6 is 11.8 Å². The average Bonchev–Trinajstić information content (AvgIpc) is 2.84. The zero-order valence-electron chi connectivity index (χ0n) is 14.0. The molecule has 1 aliphatic rings. The minimum Gasteiger partial charge on any atom is -0.496 e. The lowest BCUT2D eigenvalue weighted by molar-refractivity contribution is -0.155. The molecule has 1 atom stereocenters. The van der Waals surface area contributed by atoms with Crippen molar-refractivity contribution >= 4 is 23.6 Å². The Labute approximate surface area is 141 Å². The Balaban J connectivity index is 2.07. The maximum Gasteiger partial charge on any atom is 0.308 e. The van der Waals surface area contributed by atoms with E-state index in [-0.39, 0.29) is 23.7 Å². The largest absolute Gasteiger partial charge is 0.496 e. The van der Waals surface area contributed by atoms with Crippen molar-refractivity contribution in [3.05, 3.63) is 29.8 Å². The minimum absolute atomic E-state index is 0.0365. The standard InChI is InChI=1S/C17H23NO4S/c1-17(2,3)22-15(20)9-10-18-14(19)11-23-16(18)12-7-5-6-8-13(12)21-4/h5-8,16H,9-11H2,1-4H3. The Morgan fingerprint density at radius 2 is 2.04 bits per heavy atom. The van der Waals surface area contributed by atoms with E-state index in [0.717, 1.165) is 11.3 Å². The van der Waals surface area contributed by atoms with E-state index in [0.29, 0.717) is 12.3 Å². The molecule has 0 saturated carbocycles. The number of hydrogen-bond donors (Lipinski definition) is 0. The van der Waals surface area contributed by atoms with Crippen molar-refractivity contribution in [2.75, 3.05) is 19.4 Å². The van der Waals surface area contributed by atoms with Crippen LogP contribution < -0.4 is 4.74 Å². The van der Waals surface area contributed by atoms with Gasteiger partial charge < -0.3 is 14.4 Å². The number of para-hydroxylation sites is 1. The molecule has 1 aromatic rings. The molecule has 0 bridgehead atoms. The van der Waals surface area contributed by atoms with Crippen LogP contribution in [-0.2, 0) is 14.3 Å². The van der Waals surface area contributed by atoms with E-state index in [4.69, 9.17) is 9.47 Å². The van der Waals surface area contributed by atoms with Crippen LogP contribution in [0, 0.1) is 0 Å². The molecule has 0 N–H and O–H groups in total. The Kier molecular flexibility index (Phi) is 5.57. The van der Waals surface area contributed by atoms with E-state index in [2.05, 4.69) is 0 Å². The van der Waals surface area contributed by atoms with Gasteiger partial charge in [0.25, 0.3) is 0 Å². The summed E-state index contributed by atoms with van der Waals surface area (Å²) in [6.45, 7) is 5.85. The van der Waals surface area contributed by atoms with Gasteiger partial charge in [-0.2, -0.15) is 0 Å². The van der Waals surface area contributed by atoms with Gasteiger partial charge in [-0.25, -0.2) is 0 Å². The minimum atomic E-state index is -0.511. The van der Waals surface area contributed by atoms with Crippen molar-refractivity contribution in [3.63, 3.8) is 0 Å². The van der Waals surface area contributed by atoms with Crippen molar-refractivity contribution in [1.82, 2.24) is 4.90 Å². The molecule has 0 aromatic heterocycles. The molecule has 0 spiro atoms. The van der Waals surface area contributed by atoms with Crippen molar-refractivity contribution < 1.29 is 19.1 Å². The number of amides is 1. The lowest BCUT2D eigenvalue weighted by Crippen LogP contribution is -2.32. The number of carbonyl (C=O) groups is 2. The van der Waals surface area contributed by atoms with Gasteiger partial charge in [-0.3, -0.25) is 9.59 Å². The maximum absolute atomic E-state index is 12.2. The summed E-state index contributed by atoms with van der Waals surface area (Å²) in [4.78, 5) is 25.8. The lowest BCUT2D eigenvalue weighted by Gasteiger charge is -2.26. The number of ether oxygens (including phenoxy) is 2. The van der Waals surface area contributed by atoms with Crippen LogP contribution in [-0.4, -0.2) is 41.8 Å². The van der Waals surface area contributed by atoms with E-state index >= 15 is 0 Å². The SMILES string of the molecule is COc1ccccc1C1SCC(=O)N1CCC(=O)OC(C)(C)C. The molecule has 1 saturated heterocycles. The van der Waals surface area contributed by atoms with Crippen LogP contribution in [0.15, 0.2) is 24.3 Å². The van der Waals surface area contributed by atoms with Crippen molar-refractivity contribution in [1.29, 1.82) is 0 Å². The summed E-state index contributed by atoms with van der Waals surface area (Å²) in [6.07, 6.45) is 0.190. The molecular formula is C17H23NO4S. The zero-order valence-corrected chi connectivity index (χ0v) is 14.8. The molecule has 1 unspecified atom stereocenters. The van der Waals surface area contributed by atoms with E-state index in [1.54, 1.807) is 23.8 Å². The van der Waals surface area contributed by atoms with Gasteiger partial charge in [-0.1, -0.05) is 18.2 Å². The summed E-state index contributed by atoms with van der Waals surface area (Å²) < 4.78 is 10.7. The van der Waals surface area contributed by atoms with Gasteiger partial charge in [0.15, 0.2) is 0 Å². The van der Waals surface area contributed by atoms with Crippen LogP contribution in [0.2, 0.25) is 0 Å². The number of methoxy groups -OCH3 is 1. The quantitative estimate of drug-likeness (QED) is 0.773. The molecule has 0 radical (unpaired) electrons. The molecule has 1 amide bonds. The Morgan fingerprint density at radius 1 is 1.35 bits per heavy atom. The van der Waals surface area contributed by atoms with Crippen LogP contribution in [0.5, 0.6) is 5.75 Å². The van der Waals surface area contributed by atoms with Crippen molar-refractivity contribution in [2.24, 2.45) is 0 Å². The molecular weight excluding hydrogens is 314 g/mol. The summed E-state index contributed by atoms with van der Waals surface area (Å²) in [5, 5.41) is -0.124. The molecule has 6 heteroatoms. The topological polar surface area (TPSA) is 55.8 Å². The fourth-order valence-electron chi connectivity index (χ4n) is 2.43. The molecule has 2 rings (SSSR count). The Hall–Kier alpha value is -1.69. The van der Waals surface area contributed by atoms with Gasteiger partial charge in [0, 0.05) is 12.1 Å². The maximum atomic E-state index is 12.2. The molecule has 23 heavy (non-hydrogen) atoms. The second-order valence-electron chi connectivity index (χ2n) is 6.33. The number of hydrogen-bond acceptors (Lipinski definition) is 5. The summed E-state index contributed by atoms with van der Waals surface area (Å²) in [7, 11) is 1.62. The molecule has 1 aliphatic heterocycles. The van der Waals surface area contributed by atoms with Crippen LogP contribution in [0.3, 0.4) is 0 Å². The highest BCUT2D eigenvalue weighted by Gasteiger charge is 2.34. The number of esters is 1. The summed E-state index contributed by atoms with van der Waals surface area (Å²) in [5.41, 5.74) is 0.443. The molecule has 1 aromatic carbocycles. The van der Waals surface area contributed by atoms with Gasteiger partial charge in [0.2, 0.25) is 5.91 Å². The van der Waals surface area contributed by atoms with E-state index in [1.165, 1.54) is 0 Å². The van der Waals surface area contributed by atoms with Gasteiger partial charge in [0.05, 0.1) is 19.3 Å². The second kappa shape index (κ2) is 7.25. The highest BCUT2D eigenvalue weighted by atomic mass is 32.2. The number of thioether (sulfide) groups is 1. The van der Waals surface area contributed by atoms with Crippen molar-refractivity contribution in [3.8, 4) is 5.75 Å². The van der Waals surface area contributed by atoms with E-state index in [1.807, 2.05) is 45.0 Å². The number of carbonyl (C=O) groups excluding carboxylic acids is 2. The third kappa shape index (κ3) is 4.64. The number of benzene rings is 1. The average molecular weight is 337 g/mol. The fraction of sp³-hybridized carbons (Fsp3) is 0.529. The third-order valence-corrected chi connectivity index (χ3v) is 4.59. The summed E-state index contributed by atoms with van der Waals surface area (Å²) in [6, 6.07) is 7.66. The molecule has 126 valence electrons. The normalized spacial score (nSPS) is 18.2. The zero-order chi connectivity index (χ0) is 17.0. The molecule has 1 heterocycles. The first-order valence-corrected chi connectivity index (χ1v) is 8.62. The third-order valence-electron chi connectivity index (χ3n) is 3.35. The van der Waals surface area contributed by atoms with Gasteiger partial charge in [-0.05, 0) is 26.8 Å². The van der Waals surface area contributed by atoms with E-state index in [9.17, 15) is 9.59 Å². The molecule has 1 fully saturated rings. The predicted molar refractivity (Wildman–Crippen MR) is 90.4 cm³/mol. The van der Waals surface area contributed by atoms with Crippen LogP contribution in [0.1, 0.15) is 38.1 Å². The summed E-state index contributed by atoms with van der Waals surface area (Å²) >= 11 is 1.55.